The van der Waals surface area contributed by atoms with E-state index in [0.29, 0.717) is 26.0 Å². The van der Waals surface area contributed by atoms with Crippen LogP contribution in [0.2, 0.25) is 0 Å². The van der Waals surface area contributed by atoms with Gasteiger partial charge < -0.3 is 15.4 Å². The third-order valence-corrected chi connectivity index (χ3v) is 2.20. The minimum atomic E-state index is -0.206. The molecule has 0 bridgehead atoms. The highest BCUT2D eigenvalue weighted by Gasteiger charge is 2.09. The van der Waals surface area contributed by atoms with Crippen LogP contribution < -0.4 is 10.6 Å². The van der Waals surface area contributed by atoms with E-state index in [0.717, 1.165) is 13.0 Å². The van der Waals surface area contributed by atoms with Crippen molar-refractivity contribution in [3.05, 3.63) is 0 Å². The molecule has 2 N–H and O–H groups in total. The molecule has 0 spiro atoms. The maximum Gasteiger partial charge on any atom is 0.307 e. The van der Waals surface area contributed by atoms with Gasteiger partial charge in [-0.3, -0.25) is 9.59 Å². The number of ether oxygens (including phenoxy) is 1. The summed E-state index contributed by atoms with van der Waals surface area (Å²) in [6.07, 6.45) is 1.72. The van der Waals surface area contributed by atoms with E-state index in [-0.39, 0.29) is 17.9 Å². The van der Waals surface area contributed by atoms with Gasteiger partial charge in [0.1, 0.15) is 0 Å². The summed E-state index contributed by atoms with van der Waals surface area (Å²) in [6, 6.07) is 0.0352. The molecule has 1 amide bonds. The molecule has 100 valence electrons. The van der Waals surface area contributed by atoms with Crippen LogP contribution in [0.3, 0.4) is 0 Å². The van der Waals surface area contributed by atoms with Gasteiger partial charge >= 0.3 is 5.97 Å². The Bertz CT molecular complexity index is 232. The molecule has 0 aromatic heterocycles. The van der Waals surface area contributed by atoms with Crippen molar-refractivity contribution in [3.8, 4) is 0 Å². The molecule has 0 saturated carbocycles. The average Bonchev–Trinajstić information content (AvgIpc) is 2.26. The Morgan fingerprint density at radius 1 is 1.24 bits per heavy atom. The lowest BCUT2D eigenvalue weighted by Crippen LogP contribution is -2.33. The van der Waals surface area contributed by atoms with Gasteiger partial charge in [-0.05, 0) is 20.3 Å². The molecule has 0 aliphatic rings. The zero-order valence-electron chi connectivity index (χ0n) is 11.0. The molecule has 1 unspecified atom stereocenters. The van der Waals surface area contributed by atoms with Crippen LogP contribution in [0, 0.1) is 0 Å². The Hall–Kier alpha value is -1.10. The zero-order valence-corrected chi connectivity index (χ0v) is 11.0. The molecular weight excluding hydrogens is 220 g/mol. The first-order valence-electron chi connectivity index (χ1n) is 6.25. The van der Waals surface area contributed by atoms with Crippen LogP contribution in [-0.4, -0.2) is 37.6 Å². The quantitative estimate of drug-likeness (QED) is 0.590. The third-order valence-electron chi connectivity index (χ3n) is 2.20. The molecule has 0 aliphatic heterocycles. The van der Waals surface area contributed by atoms with E-state index < -0.39 is 0 Å². The predicted octanol–water partition coefficient (Wildman–Crippen LogP) is 0.834. The monoisotopic (exact) mass is 244 g/mol. The first-order valence-corrected chi connectivity index (χ1v) is 6.25. The largest absolute Gasteiger partial charge is 0.466 e. The smallest absolute Gasteiger partial charge is 0.307 e. The number of hydrogen-bond donors (Lipinski definition) is 2. The molecule has 0 heterocycles. The number of carbonyl (C=O) groups is 2. The maximum absolute atomic E-state index is 11.3. The Balaban J connectivity index is 3.53. The molecule has 0 saturated heterocycles. The van der Waals surface area contributed by atoms with Gasteiger partial charge in [0.2, 0.25) is 5.91 Å². The summed E-state index contributed by atoms with van der Waals surface area (Å²) < 4.78 is 4.83. The molecule has 17 heavy (non-hydrogen) atoms. The maximum atomic E-state index is 11.3. The molecule has 0 aromatic rings. The van der Waals surface area contributed by atoms with E-state index in [1.807, 2.05) is 13.8 Å². The van der Waals surface area contributed by atoms with Gasteiger partial charge in [0, 0.05) is 25.6 Å². The summed E-state index contributed by atoms with van der Waals surface area (Å²) in [5, 5.41) is 5.91. The van der Waals surface area contributed by atoms with Crippen molar-refractivity contribution in [2.75, 3.05) is 19.7 Å². The van der Waals surface area contributed by atoms with E-state index in [2.05, 4.69) is 10.6 Å². The first-order chi connectivity index (χ1) is 8.10. The van der Waals surface area contributed by atoms with Gasteiger partial charge in [-0.25, -0.2) is 0 Å². The second-order valence-electron chi connectivity index (χ2n) is 3.96. The van der Waals surface area contributed by atoms with Crippen LogP contribution in [-0.2, 0) is 14.3 Å². The molecule has 0 aliphatic carbocycles. The highest BCUT2D eigenvalue weighted by molar-refractivity contribution is 5.76. The fraction of sp³-hybridized carbons (Fsp3) is 0.833. The lowest BCUT2D eigenvalue weighted by Gasteiger charge is -2.12. The third kappa shape index (κ3) is 9.81. The number of nitrogens with one attached hydrogen (secondary N) is 2. The fourth-order valence-electron chi connectivity index (χ4n) is 1.33. The van der Waals surface area contributed by atoms with Crippen molar-refractivity contribution in [2.45, 2.75) is 46.1 Å². The van der Waals surface area contributed by atoms with Gasteiger partial charge in [-0.2, -0.15) is 0 Å². The summed E-state index contributed by atoms with van der Waals surface area (Å²) in [6.45, 7) is 7.41. The van der Waals surface area contributed by atoms with Gasteiger partial charge in [0.15, 0.2) is 0 Å². The number of esters is 1. The zero-order chi connectivity index (χ0) is 13.1. The normalized spacial score (nSPS) is 11.9. The summed E-state index contributed by atoms with van der Waals surface area (Å²) in [7, 11) is 0. The van der Waals surface area contributed by atoms with Crippen molar-refractivity contribution in [2.24, 2.45) is 0 Å². The molecule has 5 nitrogen and oxygen atoms in total. The van der Waals surface area contributed by atoms with Crippen molar-refractivity contribution in [1.82, 2.24) is 10.6 Å². The average molecular weight is 244 g/mol. The summed E-state index contributed by atoms with van der Waals surface area (Å²) in [5.41, 5.74) is 0. The first kappa shape index (κ1) is 15.9. The van der Waals surface area contributed by atoms with E-state index in [1.54, 1.807) is 6.92 Å². The number of hydrogen-bond acceptors (Lipinski definition) is 4. The highest BCUT2D eigenvalue weighted by atomic mass is 16.5. The van der Waals surface area contributed by atoms with Gasteiger partial charge in [0.25, 0.3) is 0 Å². The summed E-state index contributed by atoms with van der Waals surface area (Å²) >= 11 is 0. The number of rotatable bonds is 9. The Morgan fingerprint density at radius 3 is 2.53 bits per heavy atom. The van der Waals surface area contributed by atoms with Crippen molar-refractivity contribution in [3.63, 3.8) is 0 Å². The molecule has 0 fully saturated rings. The van der Waals surface area contributed by atoms with Crippen molar-refractivity contribution < 1.29 is 14.3 Å². The lowest BCUT2D eigenvalue weighted by molar-refractivity contribution is -0.143. The van der Waals surface area contributed by atoms with Crippen LogP contribution in [0.4, 0.5) is 0 Å². The Morgan fingerprint density at radius 2 is 1.94 bits per heavy atom. The minimum Gasteiger partial charge on any atom is -0.466 e. The van der Waals surface area contributed by atoms with Crippen LogP contribution in [0.1, 0.15) is 40.0 Å². The number of amides is 1. The Kier molecular flexibility index (Phi) is 9.43. The second kappa shape index (κ2) is 10.1. The highest BCUT2D eigenvalue weighted by Crippen LogP contribution is 1.94. The van der Waals surface area contributed by atoms with E-state index >= 15 is 0 Å². The SMILES string of the molecule is CCCNC(=O)CCNC(C)CC(=O)OCC. The van der Waals surface area contributed by atoms with Gasteiger partial charge in [-0.15, -0.1) is 0 Å². The van der Waals surface area contributed by atoms with Crippen LogP contribution in [0.25, 0.3) is 0 Å². The number of carbonyl (C=O) groups excluding carboxylic acids is 2. The lowest BCUT2D eigenvalue weighted by atomic mass is 10.2. The Labute approximate surface area is 103 Å². The van der Waals surface area contributed by atoms with Crippen LogP contribution >= 0.6 is 0 Å². The minimum absolute atomic E-state index is 0.0352. The van der Waals surface area contributed by atoms with Gasteiger partial charge in [0.05, 0.1) is 13.0 Å². The molecular formula is C12H24N2O3. The second-order valence-corrected chi connectivity index (χ2v) is 3.96. The predicted molar refractivity (Wildman–Crippen MR) is 66.6 cm³/mol. The van der Waals surface area contributed by atoms with Crippen molar-refractivity contribution in [1.29, 1.82) is 0 Å². The standard InChI is InChI=1S/C12H24N2O3/c1-4-7-14-11(15)6-8-13-10(3)9-12(16)17-5-2/h10,13H,4-9H2,1-3H3,(H,14,15). The summed E-state index contributed by atoms with van der Waals surface area (Å²) in [5.74, 6) is -0.161. The molecule has 1 atom stereocenters. The molecule has 0 aromatic carbocycles. The molecule has 0 rings (SSSR count). The van der Waals surface area contributed by atoms with Gasteiger partial charge in [-0.1, -0.05) is 6.92 Å². The van der Waals surface area contributed by atoms with E-state index in [4.69, 9.17) is 4.74 Å². The topological polar surface area (TPSA) is 67.4 Å². The fourth-order valence-corrected chi connectivity index (χ4v) is 1.33. The molecule has 5 heteroatoms. The van der Waals surface area contributed by atoms with E-state index in [9.17, 15) is 9.59 Å². The summed E-state index contributed by atoms with van der Waals surface area (Å²) in [4.78, 5) is 22.4. The van der Waals surface area contributed by atoms with Crippen LogP contribution in [0.5, 0.6) is 0 Å². The van der Waals surface area contributed by atoms with Crippen LogP contribution in [0.15, 0.2) is 0 Å². The van der Waals surface area contributed by atoms with Crippen molar-refractivity contribution >= 4 is 11.9 Å². The van der Waals surface area contributed by atoms with E-state index in [1.165, 1.54) is 0 Å². The molecule has 0 radical (unpaired) electrons.